The topological polar surface area (TPSA) is 0 Å². The fourth-order valence-corrected chi connectivity index (χ4v) is 6.45. The highest BCUT2D eigenvalue weighted by atomic mass is 32.2. The van der Waals surface area contributed by atoms with Gasteiger partial charge in [-0.3, -0.25) is 0 Å². The molecule has 2 aliphatic rings. The van der Waals surface area contributed by atoms with Gasteiger partial charge in [0.15, 0.2) is 0 Å². The smallest absolute Gasteiger partial charge is 0.207 e. The summed E-state index contributed by atoms with van der Waals surface area (Å²) in [4.78, 5) is -0.677. The molecule has 2 aromatic carbocycles. The first-order valence-corrected chi connectivity index (χ1v) is 14.8. The molecule has 0 spiro atoms. The van der Waals surface area contributed by atoms with Crippen LogP contribution in [0.2, 0.25) is 0 Å². The molecule has 0 aromatic heterocycles. The summed E-state index contributed by atoms with van der Waals surface area (Å²) < 4.78 is 113. The third-order valence-electron chi connectivity index (χ3n) is 7.48. The molecular weight excluding hydrogens is 568 g/mol. The van der Waals surface area contributed by atoms with Gasteiger partial charge in [0.25, 0.3) is 0 Å². The van der Waals surface area contributed by atoms with E-state index in [1.165, 1.54) is 0 Å². The van der Waals surface area contributed by atoms with Crippen LogP contribution in [0.1, 0.15) is 99.3 Å². The molecule has 0 N–H and O–H groups in total. The van der Waals surface area contributed by atoms with Crippen LogP contribution in [0.5, 0.6) is 0 Å². The van der Waals surface area contributed by atoms with E-state index in [0.717, 1.165) is 89.2 Å². The molecule has 41 heavy (non-hydrogen) atoms. The van der Waals surface area contributed by atoms with Gasteiger partial charge >= 0.3 is 12.4 Å². The van der Waals surface area contributed by atoms with Gasteiger partial charge in [0, 0.05) is 21.6 Å². The second-order valence-corrected chi connectivity index (χ2v) is 11.7. The van der Waals surface area contributed by atoms with Crippen LogP contribution in [0.15, 0.2) is 34.1 Å². The maximum Gasteiger partial charge on any atom is 0.417 e. The van der Waals surface area contributed by atoms with Crippen LogP contribution >= 0.6 is 11.8 Å². The molecule has 0 heterocycles. The third kappa shape index (κ3) is 8.67. The summed E-state index contributed by atoms with van der Waals surface area (Å²) in [6, 6.07) is 2.27. The van der Waals surface area contributed by atoms with Crippen molar-refractivity contribution in [3.8, 4) is 23.7 Å². The van der Waals surface area contributed by atoms with E-state index >= 15 is 0 Å². The fourth-order valence-electron chi connectivity index (χ4n) is 5.34. The summed E-state index contributed by atoms with van der Waals surface area (Å²) in [6.07, 6.45) is 0.553. The summed E-state index contributed by atoms with van der Waals surface area (Å²) in [6.45, 7) is 0. The van der Waals surface area contributed by atoms with Gasteiger partial charge in [-0.25, -0.2) is 8.78 Å². The molecule has 2 aliphatic carbocycles. The monoisotopic (exact) mass is 598 g/mol. The summed E-state index contributed by atoms with van der Waals surface area (Å²) in [5, 5.41) is 0. The fraction of sp³-hybridized carbons (Fsp3) is 0.500. The lowest BCUT2D eigenvalue weighted by molar-refractivity contribution is -0.138. The standard InChI is InChI=1S/C32H30F8S/c33-23-17-27(31(35,36)37)25(15-13-21-9-5-1-2-6-10-21)29(19-23)41-30-20-24(34)18-28(32(38,39)40)26(30)16-14-22-11-7-3-4-8-12-22/h17-22H,1-12H2. The molecule has 220 valence electrons. The minimum absolute atomic E-state index is 0.145. The summed E-state index contributed by atoms with van der Waals surface area (Å²) in [7, 11) is 0. The molecule has 4 rings (SSSR count). The first-order valence-electron chi connectivity index (χ1n) is 13.9. The quantitative estimate of drug-likeness (QED) is 0.188. The Morgan fingerprint density at radius 3 is 1.20 bits per heavy atom. The van der Waals surface area contributed by atoms with Crippen LogP contribution in [0, 0.1) is 47.2 Å². The predicted molar refractivity (Wildman–Crippen MR) is 143 cm³/mol. The van der Waals surface area contributed by atoms with Crippen molar-refractivity contribution in [1.29, 1.82) is 0 Å². The zero-order valence-electron chi connectivity index (χ0n) is 22.4. The molecular formula is C32H30F8S. The first-order chi connectivity index (χ1) is 19.4. The van der Waals surface area contributed by atoms with E-state index in [2.05, 4.69) is 23.7 Å². The van der Waals surface area contributed by atoms with Gasteiger partial charge in [0.05, 0.1) is 22.3 Å². The maximum absolute atomic E-state index is 14.5. The Hall–Kier alpha value is -2.65. The first kappa shape index (κ1) is 31.3. The van der Waals surface area contributed by atoms with Crippen molar-refractivity contribution < 1.29 is 35.1 Å². The second-order valence-electron chi connectivity index (χ2n) is 10.7. The highest BCUT2D eigenvalue weighted by Gasteiger charge is 2.37. The number of halogens is 8. The Balaban J connectivity index is 1.84. The van der Waals surface area contributed by atoms with Crippen LogP contribution in [0.3, 0.4) is 0 Å². The van der Waals surface area contributed by atoms with Gasteiger partial charge in [-0.05, 0) is 49.9 Å². The summed E-state index contributed by atoms with van der Waals surface area (Å²) in [5.74, 6) is 8.26. The molecule has 0 radical (unpaired) electrons. The Morgan fingerprint density at radius 1 is 0.537 bits per heavy atom. The van der Waals surface area contributed by atoms with E-state index in [4.69, 9.17) is 0 Å². The largest absolute Gasteiger partial charge is 0.417 e. The summed E-state index contributed by atoms with van der Waals surface area (Å²) >= 11 is 0.426. The Morgan fingerprint density at radius 2 is 0.878 bits per heavy atom. The van der Waals surface area contributed by atoms with Gasteiger partial charge in [0.2, 0.25) is 0 Å². The van der Waals surface area contributed by atoms with Crippen LogP contribution in [0.4, 0.5) is 35.1 Å². The Kier molecular flexibility index (Phi) is 10.3. The van der Waals surface area contributed by atoms with Gasteiger partial charge in [0.1, 0.15) is 11.6 Å². The lowest BCUT2D eigenvalue weighted by atomic mass is 9.99. The molecule has 0 atom stereocenters. The molecule has 0 bridgehead atoms. The van der Waals surface area contributed by atoms with Gasteiger partial charge in [-0.1, -0.05) is 86.8 Å². The van der Waals surface area contributed by atoms with E-state index in [1.54, 1.807) is 0 Å². The van der Waals surface area contributed by atoms with Crippen molar-refractivity contribution in [2.75, 3.05) is 0 Å². The average molecular weight is 599 g/mol. The van der Waals surface area contributed by atoms with E-state index in [9.17, 15) is 35.1 Å². The van der Waals surface area contributed by atoms with Gasteiger partial charge in [-0.2, -0.15) is 26.3 Å². The van der Waals surface area contributed by atoms with Crippen molar-refractivity contribution in [1.82, 2.24) is 0 Å². The van der Waals surface area contributed by atoms with E-state index in [0.29, 0.717) is 23.9 Å². The molecule has 9 heteroatoms. The molecule has 2 aromatic rings. The highest BCUT2D eigenvalue weighted by Crippen LogP contribution is 2.43. The molecule has 0 amide bonds. The van der Waals surface area contributed by atoms with Gasteiger partial charge < -0.3 is 0 Å². The number of hydrogen-bond acceptors (Lipinski definition) is 1. The van der Waals surface area contributed by atoms with Crippen LogP contribution in [-0.4, -0.2) is 0 Å². The summed E-state index contributed by atoms with van der Waals surface area (Å²) in [5.41, 5.74) is -3.71. The Labute approximate surface area is 239 Å². The van der Waals surface area contributed by atoms with Crippen LogP contribution in [0.25, 0.3) is 0 Å². The van der Waals surface area contributed by atoms with Crippen molar-refractivity contribution in [2.24, 2.45) is 11.8 Å². The van der Waals surface area contributed by atoms with Crippen molar-refractivity contribution >= 4 is 11.8 Å². The van der Waals surface area contributed by atoms with Crippen molar-refractivity contribution in [3.63, 3.8) is 0 Å². The SMILES string of the molecule is Fc1cc(Sc2cc(F)cc(C(F)(F)F)c2C#CC2CCCCCC2)c(C#CC2CCCCCC2)c(C(F)(F)F)c1. The number of benzene rings is 2. The zero-order chi connectivity index (χ0) is 29.6. The van der Waals surface area contributed by atoms with Gasteiger partial charge in [-0.15, -0.1) is 0 Å². The maximum atomic E-state index is 14.5. The molecule has 0 unspecified atom stereocenters. The highest BCUT2D eigenvalue weighted by molar-refractivity contribution is 7.99. The van der Waals surface area contributed by atoms with E-state index in [-0.39, 0.29) is 21.6 Å². The molecule has 2 saturated carbocycles. The normalized spacial score (nSPS) is 17.6. The Bertz CT molecular complexity index is 1230. The minimum atomic E-state index is -4.97. The van der Waals surface area contributed by atoms with Crippen molar-refractivity contribution in [2.45, 2.75) is 99.2 Å². The second kappa shape index (κ2) is 13.6. The average Bonchev–Trinajstić information content (AvgIpc) is 3.31. The van der Waals surface area contributed by atoms with Crippen LogP contribution in [-0.2, 0) is 12.4 Å². The predicted octanol–water partition coefficient (Wildman–Crippen LogP) is 10.8. The number of alkyl halides is 6. The molecule has 0 saturated heterocycles. The number of hydrogen-bond donors (Lipinski definition) is 0. The zero-order valence-corrected chi connectivity index (χ0v) is 23.2. The van der Waals surface area contributed by atoms with Crippen LogP contribution < -0.4 is 0 Å². The molecule has 2 fully saturated rings. The lowest BCUT2D eigenvalue weighted by Crippen LogP contribution is -2.11. The minimum Gasteiger partial charge on any atom is -0.207 e. The molecule has 0 aliphatic heterocycles. The van der Waals surface area contributed by atoms with E-state index in [1.807, 2.05) is 0 Å². The number of rotatable bonds is 2. The lowest BCUT2D eigenvalue weighted by Gasteiger charge is -2.17. The van der Waals surface area contributed by atoms with Crippen molar-refractivity contribution in [3.05, 3.63) is 58.2 Å². The molecule has 0 nitrogen and oxygen atoms in total. The third-order valence-corrected chi connectivity index (χ3v) is 8.56. The van der Waals surface area contributed by atoms with E-state index < -0.39 is 46.2 Å².